The van der Waals surface area contributed by atoms with Crippen molar-refractivity contribution < 1.29 is 9.59 Å². The number of aromatic nitrogens is 1. The van der Waals surface area contributed by atoms with Gasteiger partial charge in [-0.3, -0.25) is 4.79 Å². The molecule has 3 aliphatic heterocycles. The van der Waals surface area contributed by atoms with Crippen LogP contribution < -0.4 is 10.2 Å². The topological polar surface area (TPSA) is 68.8 Å². The monoisotopic (exact) mass is 483 g/mol. The highest BCUT2D eigenvalue weighted by Gasteiger charge is 2.34. The highest BCUT2D eigenvalue weighted by molar-refractivity contribution is 6.16. The number of unbranched alkanes of at least 4 members (excludes halogenated alkanes) is 1. The first-order valence-corrected chi connectivity index (χ1v) is 12.4. The number of anilines is 3. The third-order valence-electron chi connectivity index (χ3n) is 7.25. The van der Waals surface area contributed by atoms with Gasteiger partial charge in [0.2, 0.25) is 0 Å². The normalized spacial score (nSPS) is 18.5. The Bertz CT molecular complexity index is 1000. The maximum atomic E-state index is 13.7. The van der Waals surface area contributed by atoms with Gasteiger partial charge in [-0.25, -0.2) is 14.7 Å². The van der Waals surface area contributed by atoms with Gasteiger partial charge in [0.25, 0.3) is 5.91 Å². The zero-order valence-corrected chi connectivity index (χ0v) is 20.4. The summed E-state index contributed by atoms with van der Waals surface area (Å²) >= 11 is 0. The van der Waals surface area contributed by atoms with Crippen molar-refractivity contribution in [3.63, 3.8) is 0 Å². The van der Waals surface area contributed by atoms with Crippen molar-refractivity contribution in [3.8, 4) is 0 Å². The van der Waals surface area contributed by atoms with Crippen LogP contribution in [0.3, 0.4) is 0 Å². The van der Waals surface area contributed by atoms with Gasteiger partial charge in [-0.1, -0.05) is 25.0 Å². The smallest absolute Gasteiger partial charge is 0.324 e. The molecule has 5 rings (SSSR count). The highest BCUT2D eigenvalue weighted by Crippen LogP contribution is 2.37. The number of para-hydroxylation sites is 2. The summed E-state index contributed by atoms with van der Waals surface area (Å²) in [5, 5.41) is 2.93. The van der Waals surface area contributed by atoms with Crippen LogP contribution in [0.2, 0.25) is 0 Å². The Balaban J connectivity index is 0.00000274. The van der Waals surface area contributed by atoms with E-state index in [1.54, 1.807) is 23.2 Å². The van der Waals surface area contributed by atoms with Gasteiger partial charge in [-0.15, -0.1) is 12.4 Å². The number of likely N-dealkylation sites (tertiary alicyclic amines) is 2. The number of nitrogens with one attached hydrogen (secondary N) is 1. The molecule has 4 heterocycles. The molecule has 2 saturated heterocycles. The molecule has 0 saturated carbocycles. The number of benzene rings is 1. The fourth-order valence-electron chi connectivity index (χ4n) is 5.35. The quantitative estimate of drug-likeness (QED) is 0.585. The van der Waals surface area contributed by atoms with Gasteiger partial charge >= 0.3 is 6.03 Å². The molecule has 0 atom stereocenters. The van der Waals surface area contributed by atoms with E-state index in [1.165, 1.54) is 51.7 Å². The average molecular weight is 484 g/mol. The van der Waals surface area contributed by atoms with Crippen molar-refractivity contribution in [1.29, 1.82) is 0 Å². The van der Waals surface area contributed by atoms with Crippen LogP contribution in [0.5, 0.6) is 0 Å². The number of piperidine rings is 1. The number of fused-ring (bicyclic) bond motifs is 2. The minimum Gasteiger partial charge on any atom is -0.324 e. The van der Waals surface area contributed by atoms with E-state index < -0.39 is 0 Å². The van der Waals surface area contributed by atoms with Crippen molar-refractivity contribution in [2.75, 3.05) is 42.9 Å². The number of carbonyl (C=O) groups excluding carboxylic acids is 2. The van der Waals surface area contributed by atoms with Crippen molar-refractivity contribution in [3.05, 3.63) is 48.2 Å². The molecule has 3 amide bonds. The molecular formula is C26H34ClN5O2. The average Bonchev–Trinajstić information content (AvgIpc) is 3.33. The van der Waals surface area contributed by atoms with E-state index in [4.69, 9.17) is 0 Å². The molecule has 0 spiro atoms. The molecule has 0 radical (unpaired) electrons. The van der Waals surface area contributed by atoms with Crippen LogP contribution >= 0.6 is 12.4 Å². The van der Waals surface area contributed by atoms with Gasteiger partial charge < -0.3 is 15.1 Å². The van der Waals surface area contributed by atoms with Crippen LogP contribution in [0.25, 0.3) is 0 Å². The number of carbonyl (C=O) groups is 2. The van der Waals surface area contributed by atoms with Crippen molar-refractivity contribution >= 4 is 41.5 Å². The first-order chi connectivity index (χ1) is 16.2. The zero-order valence-electron chi connectivity index (χ0n) is 19.6. The third-order valence-corrected chi connectivity index (χ3v) is 7.25. The van der Waals surface area contributed by atoms with Gasteiger partial charge in [0.15, 0.2) is 5.82 Å². The lowest BCUT2D eigenvalue weighted by atomic mass is 9.91. The summed E-state index contributed by atoms with van der Waals surface area (Å²) in [6.07, 6.45) is 10.2. The maximum Gasteiger partial charge on any atom is 0.330 e. The summed E-state index contributed by atoms with van der Waals surface area (Å²) in [7, 11) is 0. The Morgan fingerprint density at radius 1 is 1.00 bits per heavy atom. The van der Waals surface area contributed by atoms with E-state index in [1.807, 2.05) is 29.2 Å². The third kappa shape index (κ3) is 5.20. The van der Waals surface area contributed by atoms with E-state index in [9.17, 15) is 9.59 Å². The Morgan fingerprint density at radius 3 is 2.56 bits per heavy atom. The molecule has 34 heavy (non-hydrogen) atoms. The van der Waals surface area contributed by atoms with E-state index in [0.29, 0.717) is 28.7 Å². The molecular weight excluding hydrogens is 450 g/mol. The molecule has 1 aromatic heterocycles. The van der Waals surface area contributed by atoms with E-state index in [2.05, 4.69) is 15.2 Å². The second kappa shape index (κ2) is 11.2. The molecule has 3 aliphatic rings. The minimum atomic E-state index is -0.242. The predicted molar refractivity (Wildman–Crippen MR) is 137 cm³/mol. The van der Waals surface area contributed by atoms with Gasteiger partial charge in [0.1, 0.15) is 0 Å². The Morgan fingerprint density at radius 2 is 1.76 bits per heavy atom. The molecule has 2 fully saturated rings. The molecule has 0 unspecified atom stereocenters. The Kier molecular flexibility index (Phi) is 8.06. The van der Waals surface area contributed by atoms with Crippen LogP contribution in [-0.2, 0) is 0 Å². The first-order valence-electron chi connectivity index (χ1n) is 12.4. The maximum absolute atomic E-state index is 13.7. The summed E-state index contributed by atoms with van der Waals surface area (Å²) in [4.78, 5) is 37.0. The number of hydrogen-bond donors (Lipinski definition) is 1. The lowest BCUT2D eigenvalue weighted by molar-refractivity contribution is 0.102. The summed E-state index contributed by atoms with van der Waals surface area (Å²) in [5.41, 5.74) is 1.70. The number of halogens is 1. The van der Waals surface area contributed by atoms with Gasteiger partial charge in [0.05, 0.1) is 16.9 Å². The number of pyridine rings is 1. The predicted octanol–water partition coefficient (Wildman–Crippen LogP) is 5.31. The molecule has 8 heteroatoms. The highest BCUT2D eigenvalue weighted by atomic mass is 35.5. The van der Waals surface area contributed by atoms with E-state index >= 15 is 0 Å². The summed E-state index contributed by atoms with van der Waals surface area (Å²) in [6, 6.07) is 10.8. The minimum absolute atomic E-state index is 0. The van der Waals surface area contributed by atoms with Gasteiger partial charge in [-0.2, -0.15) is 0 Å². The molecule has 7 nitrogen and oxygen atoms in total. The van der Waals surface area contributed by atoms with Crippen molar-refractivity contribution in [2.45, 2.75) is 44.9 Å². The molecule has 0 bridgehead atoms. The molecule has 2 aromatic rings. The summed E-state index contributed by atoms with van der Waals surface area (Å²) in [5.74, 6) is 0.847. The Labute approximate surface area is 207 Å². The fraction of sp³-hybridized carbons (Fsp3) is 0.500. The SMILES string of the molecule is Cl.O=C1Nc2ccccc2N(C(=O)N2CCC(CCCCN3CCCC3)CC2)c2ncccc21. The van der Waals surface area contributed by atoms with Crippen LogP contribution in [0, 0.1) is 5.92 Å². The summed E-state index contributed by atoms with van der Waals surface area (Å²) < 4.78 is 0. The second-order valence-corrected chi connectivity index (χ2v) is 9.44. The standard InChI is InChI=1S/C26H33N5O2.ClH/c32-25-21-9-7-14-27-24(21)31(23-11-2-1-10-22(23)28-25)26(33)30-18-12-20(13-19-30)8-3-4-15-29-16-5-6-17-29;/h1-2,7,9-11,14,20H,3-6,8,12-13,15-19H2,(H,28,32);1H. The van der Waals surface area contributed by atoms with Crippen LogP contribution in [0.1, 0.15) is 55.3 Å². The Hall–Kier alpha value is -2.64. The van der Waals surface area contributed by atoms with Crippen LogP contribution in [0.4, 0.5) is 22.0 Å². The number of urea groups is 1. The van der Waals surface area contributed by atoms with Crippen LogP contribution in [0.15, 0.2) is 42.6 Å². The van der Waals surface area contributed by atoms with E-state index in [-0.39, 0.29) is 24.3 Å². The number of rotatable bonds is 5. The lowest BCUT2D eigenvalue weighted by Crippen LogP contribution is -2.45. The number of hydrogen-bond acceptors (Lipinski definition) is 4. The van der Waals surface area contributed by atoms with E-state index in [0.717, 1.165) is 25.9 Å². The first kappa shape index (κ1) is 24.5. The molecule has 182 valence electrons. The van der Waals surface area contributed by atoms with Crippen LogP contribution in [-0.4, -0.2) is 59.4 Å². The summed E-state index contributed by atoms with van der Waals surface area (Å²) in [6.45, 7) is 5.29. The lowest BCUT2D eigenvalue weighted by Gasteiger charge is -2.35. The number of amides is 3. The second-order valence-electron chi connectivity index (χ2n) is 9.44. The number of nitrogens with zero attached hydrogens (tertiary/aromatic N) is 4. The molecule has 0 aliphatic carbocycles. The van der Waals surface area contributed by atoms with Gasteiger partial charge in [-0.05, 0) is 81.9 Å². The molecule has 1 aromatic carbocycles. The van der Waals surface area contributed by atoms with Crippen molar-refractivity contribution in [2.24, 2.45) is 5.92 Å². The fourth-order valence-corrected chi connectivity index (χ4v) is 5.35. The largest absolute Gasteiger partial charge is 0.330 e. The van der Waals surface area contributed by atoms with Gasteiger partial charge in [0, 0.05) is 19.3 Å². The zero-order chi connectivity index (χ0) is 22.6. The van der Waals surface area contributed by atoms with Crippen molar-refractivity contribution in [1.82, 2.24) is 14.8 Å². The molecule has 1 N–H and O–H groups in total.